The van der Waals surface area contributed by atoms with Gasteiger partial charge in [-0.25, -0.2) is 0 Å². The van der Waals surface area contributed by atoms with E-state index in [1.54, 1.807) is 4.90 Å². The summed E-state index contributed by atoms with van der Waals surface area (Å²) in [4.78, 5) is 26.4. The largest absolute Gasteiger partial charge is 0.469 e. The zero-order chi connectivity index (χ0) is 15.8. The van der Waals surface area contributed by atoms with E-state index in [0.717, 1.165) is 24.1 Å². The van der Waals surface area contributed by atoms with E-state index in [-0.39, 0.29) is 18.3 Å². The molecule has 0 saturated heterocycles. The van der Waals surface area contributed by atoms with Crippen LogP contribution in [-0.4, -0.2) is 37.0 Å². The van der Waals surface area contributed by atoms with Crippen LogP contribution in [0.2, 0.25) is 0 Å². The Morgan fingerprint density at radius 3 is 2.82 bits per heavy atom. The summed E-state index contributed by atoms with van der Waals surface area (Å²) >= 11 is 1.44. The normalized spacial score (nSPS) is 14.3. The van der Waals surface area contributed by atoms with Gasteiger partial charge in [0.15, 0.2) is 0 Å². The van der Waals surface area contributed by atoms with Crippen LogP contribution in [0.15, 0.2) is 29.2 Å². The van der Waals surface area contributed by atoms with E-state index in [4.69, 9.17) is 0 Å². The minimum absolute atomic E-state index is 0.00955. The lowest BCUT2D eigenvalue weighted by Crippen LogP contribution is -2.34. The van der Waals surface area contributed by atoms with Crippen molar-refractivity contribution in [2.75, 3.05) is 20.2 Å². The van der Waals surface area contributed by atoms with Gasteiger partial charge < -0.3 is 9.64 Å². The van der Waals surface area contributed by atoms with Gasteiger partial charge in [-0.15, -0.1) is 11.3 Å². The van der Waals surface area contributed by atoms with Crippen molar-refractivity contribution >= 4 is 23.2 Å². The van der Waals surface area contributed by atoms with Gasteiger partial charge in [-0.2, -0.15) is 0 Å². The molecule has 0 aromatic carbocycles. The third-order valence-corrected chi connectivity index (χ3v) is 4.78. The van der Waals surface area contributed by atoms with Crippen molar-refractivity contribution in [1.82, 2.24) is 4.90 Å². The number of allylic oxidation sites excluding steroid dienone is 1. The van der Waals surface area contributed by atoms with E-state index in [9.17, 15) is 9.59 Å². The smallest absolute Gasteiger partial charge is 0.307 e. The summed E-state index contributed by atoms with van der Waals surface area (Å²) in [6, 6.07) is 3.71. The standard InChI is InChI=1S/C17H23NO3S/c1-21-16(19)10-12-18(17(20)15-8-5-13-22-15)11-9-14-6-3-2-4-7-14/h5-6,8,13H,2-4,7,9-12H2,1H3. The number of thiophene rings is 1. The lowest BCUT2D eigenvalue weighted by Gasteiger charge is -2.23. The highest BCUT2D eigenvalue weighted by molar-refractivity contribution is 7.12. The van der Waals surface area contributed by atoms with Crippen LogP contribution in [0.1, 0.15) is 48.2 Å². The molecule has 0 radical (unpaired) electrons. The first-order chi connectivity index (χ1) is 10.7. The SMILES string of the molecule is COC(=O)CCN(CCC1=CCCCC1)C(=O)c1cccs1. The summed E-state index contributed by atoms with van der Waals surface area (Å²) in [5.74, 6) is -0.267. The second-order valence-electron chi connectivity index (χ2n) is 5.45. The molecule has 0 aliphatic heterocycles. The van der Waals surface area contributed by atoms with E-state index in [1.807, 2.05) is 17.5 Å². The average molecular weight is 321 g/mol. The summed E-state index contributed by atoms with van der Waals surface area (Å²) in [5, 5.41) is 1.90. The Morgan fingerprint density at radius 2 is 2.18 bits per heavy atom. The number of ether oxygens (including phenoxy) is 1. The van der Waals surface area contributed by atoms with Crippen LogP contribution in [0.5, 0.6) is 0 Å². The molecular weight excluding hydrogens is 298 g/mol. The first-order valence-corrected chi connectivity index (χ1v) is 8.66. The van der Waals surface area contributed by atoms with Crippen LogP contribution in [0.3, 0.4) is 0 Å². The number of hydrogen-bond acceptors (Lipinski definition) is 4. The molecule has 1 aromatic rings. The van der Waals surface area contributed by atoms with Gasteiger partial charge in [0, 0.05) is 13.1 Å². The van der Waals surface area contributed by atoms with Crippen molar-refractivity contribution in [3.63, 3.8) is 0 Å². The van der Waals surface area contributed by atoms with E-state index < -0.39 is 0 Å². The van der Waals surface area contributed by atoms with Crippen LogP contribution in [-0.2, 0) is 9.53 Å². The minimum atomic E-state index is -0.277. The molecule has 22 heavy (non-hydrogen) atoms. The maximum atomic E-state index is 12.5. The number of methoxy groups -OCH3 is 1. The maximum absolute atomic E-state index is 12.5. The number of hydrogen-bond donors (Lipinski definition) is 0. The molecule has 0 unspecified atom stereocenters. The minimum Gasteiger partial charge on any atom is -0.469 e. The number of esters is 1. The third-order valence-electron chi connectivity index (χ3n) is 3.92. The fourth-order valence-corrected chi connectivity index (χ4v) is 3.30. The summed E-state index contributed by atoms with van der Waals surface area (Å²) in [6.07, 6.45) is 8.24. The molecule has 1 amide bonds. The lowest BCUT2D eigenvalue weighted by atomic mass is 9.97. The molecule has 1 heterocycles. The Bertz CT molecular complexity index is 522. The molecule has 0 bridgehead atoms. The first-order valence-electron chi connectivity index (χ1n) is 7.78. The molecule has 4 nitrogen and oxygen atoms in total. The molecule has 1 aromatic heterocycles. The van der Waals surface area contributed by atoms with Gasteiger partial charge in [0.2, 0.25) is 0 Å². The topological polar surface area (TPSA) is 46.6 Å². The molecular formula is C17H23NO3S. The van der Waals surface area contributed by atoms with Crippen molar-refractivity contribution in [2.45, 2.75) is 38.5 Å². The number of nitrogens with zero attached hydrogens (tertiary/aromatic N) is 1. The predicted molar refractivity (Wildman–Crippen MR) is 88.0 cm³/mol. The highest BCUT2D eigenvalue weighted by atomic mass is 32.1. The molecule has 0 spiro atoms. The zero-order valence-electron chi connectivity index (χ0n) is 13.0. The van der Waals surface area contributed by atoms with Crippen molar-refractivity contribution in [2.24, 2.45) is 0 Å². The third kappa shape index (κ3) is 4.98. The number of amides is 1. The van der Waals surface area contributed by atoms with Gasteiger partial charge >= 0.3 is 5.97 Å². The van der Waals surface area contributed by atoms with Crippen LogP contribution in [0.25, 0.3) is 0 Å². The van der Waals surface area contributed by atoms with Crippen molar-refractivity contribution in [1.29, 1.82) is 0 Å². The molecule has 120 valence electrons. The van der Waals surface area contributed by atoms with Crippen LogP contribution in [0, 0.1) is 0 Å². The van der Waals surface area contributed by atoms with Crippen molar-refractivity contribution in [3.8, 4) is 0 Å². The molecule has 1 aliphatic carbocycles. The summed E-state index contributed by atoms with van der Waals surface area (Å²) < 4.78 is 4.68. The Labute approximate surface area is 135 Å². The summed E-state index contributed by atoms with van der Waals surface area (Å²) in [7, 11) is 1.38. The number of rotatable bonds is 7. The van der Waals surface area contributed by atoms with E-state index in [1.165, 1.54) is 36.9 Å². The van der Waals surface area contributed by atoms with Crippen LogP contribution < -0.4 is 0 Å². The molecule has 0 fully saturated rings. The zero-order valence-corrected chi connectivity index (χ0v) is 13.9. The first kappa shape index (κ1) is 16.7. The van der Waals surface area contributed by atoms with E-state index in [2.05, 4.69) is 10.8 Å². The quantitative estimate of drug-likeness (QED) is 0.569. The van der Waals surface area contributed by atoms with Crippen molar-refractivity contribution in [3.05, 3.63) is 34.0 Å². The predicted octanol–water partition coefficient (Wildman–Crippen LogP) is 3.64. The van der Waals surface area contributed by atoms with Gasteiger partial charge in [-0.05, 0) is 43.6 Å². The highest BCUT2D eigenvalue weighted by Crippen LogP contribution is 2.21. The number of carbonyl (C=O) groups is 2. The van der Waals surface area contributed by atoms with E-state index in [0.29, 0.717) is 13.1 Å². The highest BCUT2D eigenvalue weighted by Gasteiger charge is 2.18. The molecule has 0 N–H and O–H groups in total. The monoisotopic (exact) mass is 321 g/mol. The second kappa shape index (κ2) is 8.73. The summed E-state index contributed by atoms with van der Waals surface area (Å²) in [5.41, 5.74) is 1.44. The molecule has 1 aliphatic rings. The van der Waals surface area contributed by atoms with E-state index >= 15 is 0 Å². The molecule has 2 rings (SSSR count). The van der Waals surface area contributed by atoms with Crippen LogP contribution in [0.4, 0.5) is 0 Å². The molecule has 0 atom stereocenters. The fourth-order valence-electron chi connectivity index (χ4n) is 2.61. The van der Waals surface area contributed by atoms with Gasteiger partial charge in [0.25, 0.3) is 5.91 Å². The second-order valence-corrected chi connectivity index (χ2v) is 6.40. The van der Waals surface area contributed by atoms with Gasteiger partial charge in [0.1, 0.15) is 0 Å². The Kier molecular flexibility index (Phi) is 6.65. The Balaban J connectivity index is 1.95. The fraction of sp³-hybridized carbons (Fsp3) is 0.529. The molecule has 0 saturated carbocycles. The van der Waals surface area contributed by atoms with Crippen molar-refractivity contribution < 1.29 is 14.3 Å². The molecule has 5 heteroatoms. The lowest BCUT2D eigenvalue weighted by molar-refractivity contribution is -0.140. The Hall–Kier alpha value is -1.62. The maximum Gasteiger partial charge on any atom is 0.307 e. The Morgan fingerprint density at radius 1 is 1.32 bits per heavy atom. The summed E-state index contributed by atoms with van der Waals surface area (Å²) in [6.45, 7) is 1.08. The average Bonchev–Trinajstić information content (AvgIpc) is 3.09. The number of carbonyl (C=O) groups excluding carboxylic acids is 2. The van der Waals surface area contributed by atoms with Gasteiger partial charge in [-0.1, -0.05) is 17.7 Å². The van der Waals surface area contributed by atoms with Crippen LogP contribution >= 0.6 is 11.3 Å². The van der Waals surface area contributed by atoms with Gasteiger partial charge in [0.05, 0.1) is 18.4 Å². The van der Waals surface area contributed by atoms with Gasteiger partial charge in [-0.3, -0.25) is 9.59 Å².